The number of carboxylic acid groups (broad SMARTS) is 2. The third kappa shape index (κ3) is 11.8. The fourth-order valence-electron chi connectivity index (χ4n) is 2.94. The molecule has 3 unspecified atom stereocenters. The molecule has 0 aliphatic rings. The number of methoxy groups -OCH3 is 1. The number of nitrogens with two attached hydrogens (primary N) is 1. The molecule has 15 heteroatoms. The van der Waals surface area contributed by atoms with Crippen LogP contribution in [0.4, 0.5) is 0 Å². The minimum Gasteiger partial charge on any atom is -0.480 e. The third-order valence-corrected chi connectivity index (χ3v) is 6.03. The molecule has 1 aromatic rings. The van der Waals surface area contributed by atoms with Gasteiger partial charge in [0.2, 0.25) is 17.6 Å². The number of amides is 3. The Morgan fingerprint density at radius 3 is 2.26 bits per heavy atom. The highest BCUT2D eigenvalue weighted by Gasteiger charge is 2.26. The van der Waals surface area contributed by atoms with Crippen LogP contribution in [0.3, 0.4) is 0 Å². The van der Waals surface area contributed by atoms with Crippen molar-refractivity contribution in [3.8, 4) is 0 Å². The van der Waals surface area contributed by atoms with Gasteiger partial charge in [-0.15, -0.1) is 0 Å². The molecule has 208 valence electrons. The summed E-state index contributed by atoms with van der Waals surface area (Å²) in [5.74, 6) is -8.05. The van der Waals surface area contributed by atoms with Crippen molar-refractivity contribution in [1.29, 1.82) is 0 Å². The van der Waals surface area contributed by atoms with Gasteiger partial charge in [-0.2, -0.15) is 11.8 Å². The molecule has 1 aromatic carbocycles. The number of ketones is 1. The van der Waals surface area contributed by atoms with Gasteiger partial charge in [0.25, 0.3) is 5.91 Å². The van der Waals surface area contributed by atoms with Crippen molar-refractivity contribution in [3.05, 3.63) is 35.9 Å². The second kappa shape index (κ2) is 16.7. The van der Waals surface area contributed by atoms with E-state index < -0.39 is 66.0 Å². The summed E-state index contributed by atoms with van der Waals surface area (Å²) in [5, 5.41) is 24.4. The molecule has 0 spiro atoms. The molecule has 0 saturated heterocycles. The molecule has 0 saturated carbocycles. The predicted octanol–water partition coefficient (Wildman–Crippen LogP) is -1.76. The van der Waals surface area contributed by atoms with Crippen LogP contribution in [0, 0.1) is 0 Å². The lowest BCUT2D eigenvalue weighted by molar-refractivity contribution is -0.143. The number of benzene rings is 1. The number of rotatable bonds is 17. The standard InChI is InChI=1S/C23H30N4O10S/c1-37-23(36)14(13-5-3-2-4-6-13)9-25-21(33)17(28)12-38-11-16(20(32)26-10-19(30)31)27-18(29)8-7-15(24)22(34)35/h2-6,14-16H,7-12,24H2,1H3,(H,25,33)(H,26,32)(H,27,29)(H,30,31)(H,34,35). The largest absolute Gasteiger partial charge is 0.480 e. The maximum absolute atomic E-state index is 12.3. The van der Waals surface area contributed by atoms with Crippen LogP contribution in [0.25, 0.3) is 0 Å². The summed E-state index contributed by atoms with van der Waals surface area (Å²) in [7, 11) is 1.20. The van der Waals surface area contributed by atoms with E-state index in [0.29, 0.717) is 5.56 Å². The van der Waals surface area contributed by atoms with Gasteiger partial charge in [-0.05, 0) is 12.0 Å². The lowest BCUT2D eigenvalue weighted by atomic mass is 9.99. The van der Waals surface area contributed by atoms with Crippen LogP contribution >= 0.6 is 11.8 Å². The van der Waals surface area contributed by atoms with Crippen molar-refractivity contribution >= 4 is 53.2 Å². The summed E-state index contributed by atoms with van der Waals surface area (Å²) in [6, 6.07) is 5.94. The van der Waals surface area contributed by atoms with Crippen LogP contribution in [0.5, 0.6) is 0 Å². The number of aliphatic carboxylic acids is 2. The highest BCUT2D eigenvalue weighted by molar-refractivity contribution is 8.00. The zero-order valence-corrected chi connectivity index (χ0v) is 21.3. The van der Waals surface area contributed by atoms with Crippen molar-refractivity contribution < 1.29 is 48.5 Å². The summed E-state index contributed by atoms with van der Waals surface area (Å²) < 4.78 is 4.76. The Kier molecular flexibility index (Phi) is 14.1. The zero-order chi connectivity index (χ0) is 28.7. The first-order chi connectivity index (χ1) is 18.0. The number of ether oxygens (including phenoxy) is 1. The number of thioether (sulfide) groups is 1. The summed E-state index contributed by atoms with van der Waals surface area (Å²) >= 11 is 0.829. The average Bonchev–Trinajstić information content (AvgIpc) is 2.89. The van der Waals surface area contributed by atoms with E-state index in [1.54, 1.807) is 30.3 Å². The van der Waals surface area contributed by atoms with Gasteiger partial charge in [0.05, 0.1) is 18.8 Å². The van der Waals surface area contributed by atoms with E-state index in [1.807, 2.05) is 0 Å². The van der Waals surface area contributed by atoms with Crippen LogP contribution in [-0.4, -0.2) is 95.4 Å². The van der Waals surface area contributed by atoms with Gasteiger partial charge in [-0.25, -0.2) is 0 Å². The second-order valence-electron chi connectivity index (χ2n) is 7.85. The smallest absolute Gasteiger partial charge is 0.322 e. The summed E-state index contributed by atoms with van der Waals surface area (Å²) in [6.07, 6.45) is -0.517. The lowest BCUT2D eigenvalue weighted by Crippen LogP contribution is -2.49. The van der Waals surface area contributed by atoms with Gasteiger partial charge in [0.1, 0.15) is 18.6 Å². The number of hydrogen-bond donors (Lipinski definition) is 6. The first kappa shape index (κ1) is 32.0. The maximum Gasteiger partial charge on any atom is 0.322 e. The van der Waals surface area contributed by atoms with Crippen molar-refractivity contribution in [2.45, 2.75) is 30.8 Å². The fraction of sp³-hybridized carbons (Fsp3) is 0.435. The minimum atomic E-state index is -1.32. The van der Waals surface area contributed by atoms with Crippen molar-refractivity contribution in [3.63, 3.8) is 0 Å². The Labute approximate surface area is 222 Å². The SMILES string of the molecule is COC(=O)C(CNC(=O)C(=O)CSCC(NC(=O)CCC(N)C(=O)O)C(=O)NCC(=O)O)c1ccccc1. The van der Waals surface area contributed by atoms with Crippen molar-refractivity contribution in [2.24, 2.45) is 5.73 Å². The molecule has 0 aromatic heterocycles. The molecule has 3 amide bonds. The molecule has 7 N–H and O–H groups in total. The number of Topliss-reactive ketones (excluding diaryl/α,β-unsaturated/α-hetero) is 1. The van der Waals surface area contributed by atoms with E-state index in [0.717, 1.165) is 11.8 Å². The van der Waals surface area contributed by atoms with Crippen molar-refractivity contribution in [1.82, 2.24) is 16.0 Å². The number of esters is 1. The highest BCUT2D eigenvalue weighted by Crippen LogP contribution is 2.16. The molecule has 14 nitrogen and oxygen atoms in total. The number of hydrogen-bond acceptors (Lipinski definition) is 10. The van der Waals surface area contributed by atoms with Crippen LogP contribution in [0.2, 0.25) is 0 Å². The Balaban J connectivity index is 2.67. The van der Waals surface area contributed by atoms with Crippen LogP contribution in [0.1, 0.15) is 24.3 Å². The van der Waals surface area contributed by atoms with E-state index in [1.165, 1.54) is 7.11 Å². The first-order valence-electron chi connectivity index (χ1n) is 11.2. The molecule has 3 atom stereocenters. The quantitative estimate of drug-likeness (QED) is 0.0929. The normalized spacial score (nSPS) is 12.8. The predicted molar refractivity (Wildman–Crippen MR) is 134 cm³/mol. The number of carbonyl (C=O) groups is 7. The van der Waals surface area contributed by atoms with Crippen LogP contribution in [-0.2, 0) is 38.3 Å². The first-order valence-corrected chi connectivity index (χ1v) is 12.4. The van der Waals surface area contributed by atoms with Gasteiger partial charge in [0.15, 0.2) is 0 Å². The van der Waals surface area contributed by atoms with E-state index in [2.05, 4.69) is 16.0 Å². The topological polar surface area (TPSA) is 231 Å². The van der Waals surface area contributed by atoms with Gasteiger partial charge in [-0.3, -0.25) is 33.6 Å². The zero-order valence-electron chi connectivity index (χ0n) is 20.5. The molecule has 0 bridgehead atoms. The third-order valence-electron chi connectivity index (χ3n) is 4.99. The van der Waals surface area contributed by atoms with E-state index in [4.69, 9.17) is 20.7 Å². The van der Waals surface area contributed by atoms with Gasteiger partial charge < -0.3 is 36.6 Å². The molecular formula is C23H30N4O10S. The van der Waals surface area contributed by atoms with E-state index in [-0.39, 0.29) is 30.9 Å². The van der Waals surface area contributed by atoms with Crippen LogP contribution in [0.15, 0.2) is 30.3 Å². The Bertz CT molecular complexity index is 1020. The fourth-order valence-corrected chi connectivity index (χ4v) is 3.84. The average molecular weight is 555 g/mol. The maximum atomic E-state index is 12.3. The molecule has 0 radical (unpaired) electrons. The molecule has 0 fully saturated rings. The molecule has 0 aliphatic heterocycles. The van der Waals surface area contributed by atoms with E-state index >= 15 is 0 Å². The Morgan fingerprint density at radius 2 is 1.68 bits per heavy atom. The molecule has 0 aliphatic carbocycles. The monoisotopic (exact) mass is 554 g/mol. The lowest BCUT2D eigenvalue weighted by Gasteiger charge is -2.18. The summed E-state index contributed by atoms with van der Waals surface area (Å²) in [5.41, 5.74) is 5.93. The molecule has 0 heterocycles. The van der Waals surface area contributed by atoms with Gasteiger partial charge in [-0.1, -0.05) is 30.3 Å². The van der Waals surface area contributed by atoms with Crippen molar-refractivity contribution in [2.75, 3.05) is 31.7 Å². The molecule has 1 rings (SSSR count). The summed E-state index contributed by atoms with van der Waals surface area (Å²) in [6.45, 7) is -0.912. The highest BCUT2D eigenvalue weighted by atomic mass is 32.2. The molecular weight excluding hydrogens is 524 g/mol. The number of carboxylic acids is 2. The van der Waals surface area contributed by atoms with Gasteiger partial charge in [0, 0.05) is 18.7 Å². The Morgan fingerprint density at radius 1 is 1.03 bits per heavy atom. The number of nitrogens with one attached hydrogen (secondary N) is 3. The summed E-state index contributed by atoms with van der Waals surface area (Å²) in [4.78, 5) is 82.6. The van der Waals surface area contributed by atoms with Gasteiger partial charge >= 0.3 is 17.9 Å². The van der Waals surface area contributed by atoms with E-state index in [9.17, 15) is 33.6 Å². The molecule has 38 heavy (non-hydrogen) atoms. The minimum absolute atomic E-state index is 0.194. The van der Waals surface area contributed by atoms with Crippen LogP contribution < -0.4 is 21.7 Å². The second-order valence-corrected chi connectivity index (χ2v) is 8.88. The number of carbonyl (C=O) groups excluding carboxylic acids is 5. The Hall–Kier alpha value is -3.98.